The van der Waals surface area contributed by atoms with E-state index in [0.29, 0.717) is 32.4 Å². The number of benzene rings is 2. The molecule has 1 amide bonds. The molecule has 0 saturated carbocycles. The van der Waals surface area contributed by atoms with Gasteiger partial charge in [0.1, 0.15) is 5.76 Å². The number of carbonyl (C=O) groups excluding carboxylic acids is 1. The molecular weight excluding hydrogens is 445 g/mol. The monoisotopic (exact) mass is 460 g/mol. The van der Waals surface area contributed by atoms with Crippen LogP contribution in [0.25, 0.3) is 16.8 Å². The first-order valence-corrected chi connectivity index (χ1v) is 9.79. The van der Waals surface area contributed by atoms with E-state index in [1.165, 1.54) is 24.3 Å². The Hall–Kier alpha value is -3.59. The highest BCUT2D eigenvalue weighted by atomic mass is 35.5. The Kier molecular flexibility index (Phi) is 5.52. The van der Waals surface area contributed by atoms with Gasteiger partial charge in [0.05, 0.1) is 23.1 Å². The van der Waals surface area contributed by atoms with Gasteiger partial charge in [-0.05, 0) is 55.8 Å². The third kappa shape index (κ3) is 4.11. The number of halogens is 4. The van der Waals surface area contributed by atoms with E-state index in [4.69, 9.17) is 16.1 Å². The van der Waals surface area contributed by atoms with Crippen molar-refractivity contribution in [3.8, 4) is 16.8 Å². The zero-order chi connectivity index (χ0) is 23.0. The normalized spacial score (nSPS) is 11.6. The standard InChI is InChI=1S/C22H16ClF3N4O2/c1-12-19(13(2)32-29-12)14-4-3-5-16(10-14)28-21(31)18-11-27-30(20(18)22(24,25)26)17-8-6-15(23)7-9-17/h3-11H,1-2H3,(H,28,31). The van der Waals surface area contributed by atoms with Crippen molar-refractivity contribution >= 4 is 23.2 Å². The van der Waals surface area contributed by atoms with Crippen LogP contribution in [0.5, 0.6) is 0 Å². The van der Waals surface area contributed by atoms with Gasteiger partial charge in [0, 0.05) is 16.3 Å². The van der Waals surface area contributed by atoms with Crippen molar-refractivity contribution in [1.29, 1.82) is 0 Å². The molecule has 0 radical (unpaired) electrons. The second-order valence-electron chi connectivity index (χ2n) is 7.03. The zero-order valence-electron chi connectivity index (χ0n) is 16.9. The van der Waals surface area contributed by atoms with Crippen LogP contribution in [-0.2, 0) is 6.18 Å². The molecule has 1 N–H and O–H groups in total. The third-order valence-corrected chi connectivity index (χ3v) is 5.05. The first-order chi connectivity index (χ1) is 15.1. The Morgan fingerprint density at radius 1 is 1.12 bits per heavy atom. The predicted octanol–water partition coefficient (Wildman–Crippen LogP) is 6.07. The minimum Gasteiger partial charge on any atom is -0.361 e. The van der Waals surface area contributed by atoms with Crippen molar-refractivity contribution in [3.63, 3.8) is 0 Å². The van der Waals surface area contributed by atoms with Crippen LogP contribution in [0, 0.1) is 13.8 Å². The Bertz CT molecular complexity index is 1270. The average molecular weight is 461 g/mol. The Morgan fingerprint density at radius 3 is 2.47 bits per heavy atom. The molecule has 0 aliphatic carbocycles. The molecule has 4 rings (SSSR count). The average Bonchev–Trinajstić information content (AvgIpc) is 3.32. The maximum atomic E-state index is 13.9. The zero-order valence-corrected chi connectivity index (χ0v) is 17.6. The molecule has 0 saturated heterocycles. The summed E-state index contributed by atoms with van der Waals surface area (Å²) in [5.74, 6) is -0.344. The minimum atomic E-state index is -4.82. The van der Waals surface area contributed by atoms with Gasteiger partial charge in [0.2, 0.25) is 0 Å². The largest absolute Gasteiger partial charge is 0.434 e. The summed E-state index contributed by atoms with van der Waals surface area (Å²) >= 11 is 5.82. The lowest BCUT2D eigenvalue weighted by atomic mass is 10.0. The van der Waals surface area contributed by atoms with Gasteiger partial charge in [0.25, 0.3) is 5.91 Å². The first-order valence-electron chi connectivity index (χ1n) is 9.41. The number of rotatable bonds is 4. The molecule has 2 aromatic heterocycles. The highest BCUT2D eigenvalue weighted by molar-refractivity contribution is 6.30. The predicted molar refractivity (Wildman–Crippen MR) is 113 cm³/mol. The molecule has 0 aliphatic heterocycles. The van der Waals surface area contributed by atoms with Crippen LogP contribution in [-0.4, -0.2) is 20.8 Å². The summed E-state index contributed by atoms with van der Waals surface area (Å²) in [6, 6.07) is 12.4. The fourth-order valence-corrected chi connectivity index (χ4v) is 3.54. The number of aromatic nitrogens is 3. The fourth-order valence-electron chi connectivity index (χ4n) is 3.41. The Labute approximate surface area is 185 Å². The van der Waals surface area contributed by atoms with Crippen LogP contribution in [0.3, 0.4) is 0 Å². The summed E-state index contributed by atoms with van der Waals surface area (Å²) in [6.45, 7) is 3.53. The van der Waals surface area contributed by atoms with Gasteiger partial charge >= 0.3 is 6.18 Å². The van der Waals surface area contributed by atoms with Crippen LogP contribution in [0.1, 0.15) is 27.5 Å². The van der Waals surface area contributed by atoms with E-state index in [1.807, 2.05) is 0 Å². The molecule has 0 bridgehead atoms. The molecule has 2 heterocycles. The van der Waals surface area contributed by atoms with Crippen LogP contribution < -0.4 is 5.32 Å². The second-order valence-corrected chi connectivity index (χ2v) is 7.46. The van der Waals surface area contributed by atoms with Gasteiger partial charge in [0.15, 0.2) is 5.69 Å². The van der Waals surface area contributed by atoms with E-state index >= 15 is 0 Å². The third-order valence-electron chi connectivity index (χ3n) is 4.80. The summed E-state index contributed by atoms with van der Waals surface area (Å²) in [7, 11) is 0. The quantitative estimate of drug-likeness (QED) is 0.401. The summed E-state index contributed by atoms with van der Waals surface area (Å²) in [4.78, 5) is 12.8. The van der Waals surface area contributed by atoms with Crippen LogP contribution in [0.15, 0.2) is 59.3 Å². The lowest BCUT2D eigenvalue weighted by Crippen LogP contribution is -2.20. The number of nitrogens with one attached hydrogen (secondary N) is 1. The van der Waals surface area contributed by atoms with E-state index in [-0.39, 0.29) is 5.69 Å². The maximum Gasteiger partial charge on any atom is 0.434 e. The Balaban J connectivity index is 1.69. The fraction of sp³-hybridized carbons (Fsp3) is 0.136. The van der Waals surface area contributed by atoms with Crippen molar-refractivity contribution in [3.05, 3.63) is 82.5 Å². The molecule has 0 spiro atoms. The number of alkyl halides is 3. The first kappa shape index (κ1) is 21.6. The number of amides is 1. The molecule has 0 atom stereocenters. The minimum absolute atomic E-state index is 0.126. The molecule has 0 aliphatic rings. The van der Waals surface area contributed by atoms with E-state index in [2.05, 4.69) is 15.6 Å². The number of anilines is 1. The molecule has 6 nitrogen and oxygen atoms in total. The highest BCUT2D eigenvalue weighted by Gasteiger charge is 2.40. The smallest absolute Gasteiger partial charge is 0.361 e. The molecule has 164 valence electrons. The Morgan fingerprint density at radius 2 is 1.84 bits per heavy atom. The summed E-state index contributed by atoms with van der Waals surface area (Å²) in [6.07, 6.45) is -3.92. The second kappa shape index (κ2) is 8.16. The SMILES string of the molecule is Cc1noc(C)c1-c1cccc(NC(=O)c2cnn(-c3ccc(Cl)cc3)c2C(F)(F)F)c1. The number of hydrogen-bond acceptors (Lipinski definition) is 4. The number of aryl methyl sites for hydroxylation is 2. The summed E-state index contributed by atoms with van der Waals surface area (Å²) < 4.78 is 47.4. The van der Waals surface area contributed by atoms with E-state index < -0.39 is 23.3 Å². The van der Waals surface area contributed by atoms with Crippen molar-refractivity contribution in [2.24, 2.45) is 0 Å². The number of hydrogen-bond donors (Lipinski definition) is 1. The lowest BCUT2D eigenvalue weighted by Gasteiger charge is -2.13. The van der Waals surface area contributed by atoms with Crippen LogP contribution >= 0.6 is 11.6 Å². The van der Waals surface area contributed by atoms with Gasteiger partial charge in [-0.3, -0.25) is 4.79 Å². The van der Waals surface area contributed by atoms with Gasteiger partial charge < -0.3 is 9.84 Å². The molecule has 32 heavy (non-hydrogen) atoms. The van der Waals surface area contributed by atoms with E-state index in [0.717, 1.165) is 11.8 Å². The van der Waals surface area contributed by atoms with Crippen molar-refractivity contribution in [2.45, 2.75) is 20.0 Å². The molecule has 2 aromatic carbocycles. The molecular formula is C22H16ClF3N4O2. The highest BCUT2D eigenvalue weighted by Crippen LogP contribution is 2.34. The van der Waals surface area contributed by atoms with Gasteiger partial charge in [-0.2, -0.15) is 18.3 Å². The van der Waals surface area contributed by atoms with Gasteiger partial charge in [-0.15, -0.1) is 0 Å². The van der Waals surface area contributed by atoms with Crippen molar-refractivity contribution in [1.82, 2.24) is 14.9 Å². The summed E-state index contributed by atoms with van der Waals surface area (Å²) in [5.41, 5.74) is 0.796. The van der Waals surface area contributed by atoms with Gasteiger partial charge in [-0.25, -0.2) is 4.68 Å². The molecule has 0 unspecified atom stereocenters. The van der Waals surface area contributed by atoms with E-state index in [9.17, 15) is 18.0 Å². The van der Waals surface area contributed by atoms with Crippen molar-refractivity contribution < 1.29 is 22.5 Å². The number of carbonyl (C=O) groups is 1. The van der Waals surface area contributed by atoms with Crippen LogP contribution in [0.4, 0.5) is 18.9 Å². The molecule has 4 aromatic rings. The topological polar surface area (TPSA) is 73.0 Å². The number of nitrogens with zero attached hydrogens (tertiary/aromatic N) is 3. The maximum absolute atomic E-state index is 13.9. The molecule has 0 fully saturated rings. The van der Waals surface area contributed by atoms with E-state index in [1.54, 1.807) is 38.1 Å². The van der Waals surface area contributed by atoms with Crippen molar-refractivity contribution in [2.75, 3.05) is 5.32 Å². The molecule has 10 heteroatoms. The lowest BCUT2D eigenvalue weighted by molar-refractivity contribution is -0.143. The summed E-state index contributed by atoms with van der Waals surface area (Å²) in [5, 5.41) is 10.6. The van der Waals surface area contributed by atoms with Gasteiger partial charge in [-0.1, -0.05) is 28.9 Å². The van der Waals surface area contributed by atoms with Crippen LogP contribution in [0.2, 0.25) is 5.02 Å².